The zero-order valence-corrected chi connectivity index (χ0v) is 17.9. The summed E-state index contributed by atoms with van der Waals surface area (Å²) in [6, 6.07) is 16.5. The minimum atomic E-state index is -0.650. The van der Waals surface area contributed by atoms with E-state index >= 15 is 0 Å². The van der Waals surface area contributed by atoms with E-state index in [4.69, 9.17) is 25.8 Å². The highest BCUT2D eigenvalue weighted by atomic mass is 35.5. The number of methoxy groups -OCH3 is 1. The number of ether oxygens (including phenoxy) is 3. The Balaban J connectivity index is 1.32. The average Bonchev–Trinajstić information content (AvgIpc) is 3.19. The number of hydrogen-bond donors (Lipinski definition) is 1. The molecule has 1 amide bonds. The molecule has 0 unspecified atom stereocenters. The van der Waals surface area contributed by atoms with Crippen LogP contribution in [0.4, 0.5) is 0 Å². The third-order valence-electron chi connectivity index (χ3n) is 4.93. The molecule has 2 atom stereocenters. The van der Waals surface area contributed by atoms with Crippen molar-refractivity contribution < 1.29 is 19.0 Å². The van der Waals surface area contributed by atoms with Crippen LogP contribution >= 0.6 is 11.6 Å². The van der Waals surface area contributed by atoms with Crippen molar-refractivity contribution in [2.75, 3.05) is 13.7 Å². The van der Waals surface area contributed by atoms with E-state index in [9.17, 15) is 4.79 Å². The zero-order valence-electron chi connectivity index (χ0n) is 17.2. The number of benzene rings is 2. The number of carbonyl (C=O) groups excluding carboxylic acids is 1. The van der Waals surface area contributed by atoms with Crippen LogP contribution in [-0.4, -0.2) is 42.0 Å². The lowest BCUT2D eigenvalue weighted by Gasteiger charge is -2.17. The smallest absolute Gasteiger partial charge is 0.260 e. The average molecular weight is 440 g/mol. The molecule has 1 N–H and O–H groups in total. The second kappa shape index (κ2) is 9.22. The van der Waals surface area contributed by atoms with Gasteiger partial charge < -0.3 is 19.5 Å². The predicted octanol–water partition coefficient (Wildman–Crippen LogP) is 3.69. The number of halogens is 1. The van der Waals surface area contributed by atoms with Gasteiger partial charge >= 0.3 is 0 Å². The first-order valence-electron chi connectivity index (χ1n) is 9.89. The Bertz CT molecular complexity index is 1070. The third-order valence-corrected chi connectivity index (χ3v) is 5.16. The Morgan fingerprint density at radius 3 is 2.84 bits per heavy atom. The molecule has 0 aliphatic carbocycles. The van der Waals surface area contributed by atoms with E-state index in [0.717, 1.165) is 22.6 Å². The van der Waals surface area contributed by atoms with Crippen molar-refractivity contribution in [1.29, 1.82) is 0 Å². The van der Waals surface area contributed by atoms with Crippen LogP contribution in [0, 0.1) is 0 Å². The van der Waals surface area contributed by atoms with E-state index in [1.807, 2.05) is 24.3 Å². The molecule has 0 bridgehead atoms. The van der Waals surface area contributed by atoms with Crippen LogP contribution < -0.4 is 19.5 Å². The van der Waals surface area contributed by atoms with Gasteiger partial charge in [0.15, 0.2) is 6.10 Å². The van der Waals surface area contributed by atoms with Crippen LogP contribution in [0.1, 0.15) is 12.5 Å². The summed E-state index contributed by atoms with van der Waals surface area (Å²) in [6.45, 7) is 2.08. The molecule has 8 heteroatoms. The van der Waals surface area contributed by atoms with Gasteiger partial charge in [-0.1, -0.05) is 17.7 Å². The first-order valence-corrected chi connectivity index (χ1v) is 10.3. The minimum Gasteiger partial charge on any atom is -0.488 e. The van der Waals surface area contributed by atoms with E-state index < -0.39 is 6.10 Å². The van der Waals surface area contributed by atoms with E-state index in [0.29, 0.717) is 29.6 Å². The van der Waals surface area contributed by atoms with E-state index in [1.54, 1.807) is 44.4 Å². The molecule has 2 aromatic carbocycles. The van der Waals surface area contributed by atoms with Crippen LogP contribution in [0.3, 0.4) is 0 Å². The van der Waals surface area contributed by atoms with E-state index in [-0.39, 0.29) is 12.0 Å². The molecular weight excluding hydrogens is 418 g/mol. The highest BCUT2D eigenvalue weighted by Crippen LogP contribution is 2.32. The fourth-order valence-corrected chi connectivity index (χ4v) is 3.51. The number of carbonyl (C=O) groups is 1. The molecule has 1 aliphatic rings. The normalized spacial score (nSPS) is 15.5. The minimum absolute atomic E-state index is 0.144. The van der Waals surface area contributed by atoms with Crippen LogP contribution in [0.15, 0.2) is 54.6 Å². The molecular formula is C23H22ClN3O4. The molecule has 4 rings (SSSR count). The summed E-state index contributed by atoms with van der Waals surface area (Å²) in [6.07, 6.45) is -0.103. The standard InChI is InChI=1S/C23H22ClN3O4/c1-14(30-18-5-3-4-17(24)12-18)23(28)25-13-19-11-16-10-15(6-8-21(16)31-19)20-7-9-22(29-2)27-26-20/h3-10,12,14,19H,11,13H2,1-2H3,(H,25,28)/t14-,19+/m0/s1. The van der Waals surface area contributed by atoms with Gasteiger partial charge in [0.05, 0.1) is 19.3 Å². The molecule has 160 valence electrons. The number of rotatable bonds is 7. The summed E-state index contributed by atoms with van der Waals surface area (Å²) >= 11 is 5.95. The zero-order chi connectivity index (χ0) is 21.8. The van der Waals surface area contributed by atoms with Gasteiger partial charge in [-0.15, -0.1) is 10.2 Å². The number of hydrogen-bond acceptors (Lipinski definition) is 6. The molecule has 0 saturated heterocycles. The van der Waals surface area contributed by atoms with Gasteiger partial charge in [-0.2, -0.15) is 0 Å². The highest BCUT2D eigenvalue weighted by Gasteiger charge is 2.25. The van der Waals surface area contributed by atoms with Crippen LogP contribution in [0.5, 0.6) is 17.4 Å². The Hall–Kier alpha value is -3.32. The molecule has 7 nitrogen and oxygen atoms in total. The molecule has 1 aliphatic heterocycles. The fourth-order valence-electron chi connectivity index (χ4n) is 3.33. The quantitative estimate of drug-likeness (QED) is 0.604. The van der Waals surface area contributed by atoms with Gasteiger partial charge in [-0.05, 0) is 55.0 Å². The van der Waals surface area contributed by atoms with Crippen molar-refractivity contribution in [1.82, 2.24) is 15.5 Å². The monoisotopic (exact) mass is 439 g/mol. The van der Waals surface area contributed by atoms with E-state index in [2.05, 4.69) is 15.5 Å². The lowest BCUT2D eigenvalue weighted by Crippen LogP contribution is -2.41. The van der Waals surface area contributed by atoms with Crippen molar-refractivity contribution in [3.8, 4) is 28.6 Å². The summed E-state index contributed by atoms with van der Waals surface area (Å²) < 4.78 is 16.7. The maximum absolute atomic E-state index is 12.4. The molecule has 31 heavy (non-hydrogen) atoms. The third kappa shape index (κ3) is 5.06. The SMILES string of the molecule is COc1ccc(-c2ccc3c(c2)C[C@H](CNC(=O)[C@H](C)Oc2cccc(Cl)c2)O3)nn1. The van der Waals surface area contributed by atoms with Crippen LogP contribution in [0.25, 0.3) is 11.3 Å². The van der Waals surface area contributed by atoms with Gasteiger partial charge in [0, 0.05) is 23.1 Å². The molecule has 2 heterocycles. The highest BCUT2D eigenvalue weighted by molar-refractivity contribution is 6.30. The van der Waals surface area contributed by atoms with Crippen molar-refractivity contribution in [3.05, 3.63) is 65.2 Å². The number of amides is 1. The van der Waals surface area contributed by atoms with Gasteiger partial charge in [-0.3, -0.25) is 4.79 Å². The van der Waals surface area contributed by atoms with Gasteiger partial charge in [0.25, 0.3) is 5.91 Å². The Morgan fingerprint density at radius 2 is 2.10 bits per heavy atom. The second-order valence-corrected chi connectivity index (χ2v) is 7.63. The molecule has 0 fully saturated rings. The number of nitrogens with one attached hydrogen (secondary N) is 1. The van der Waals surface area contributed by atoms with E-state index in [1.165, 1.54) is 0 Å². The Morgan fingerprint density at radius 1 is 1.23 bits per heavy atom. The number of fused-ring (bicyclic) bond motifs is 1. The lowest BCUT2D eigenvalue weighted by molar-refractivity contribution is -0.127. The van der Waals surface area contributed by atoms with Crippen LogP contribution in [-0.2, 0) is 11.2 Å². The maximum atomic E-state index is 12.4. The second-order valence-electron chi connectivity index (χ2n) is 7.19. The maximum Gasteiger partial charge on any atom is 0.260 e. The van der Waals surface area contributed by atoms with Crippen molar-refractivity contribution in [2.45, 2.75) is 25.6 Å². The van der Waals surface area contributed by atoms with Gasteiger partial charge in [0.2, 0.25) is 5.88 Å². The molecule has 1 aromatic heterocycles. The van der Waals surface area contributed by atoms with Crippen LogP contribution in [0.2, 0.25) is 5.02 Å². The molecule has 0 spiro atoms. The summed E-state index contributed by atoms with van der Waals surface area (Å²) in [5.74, 6) is 1.62. The predicted molar refractivity (Wildman–Crippen MR) is 117 cm³/mol. The molecule has 0 radical (unpaired) electrons. The largest absolute Gasteiger partial charge is 0.488 e. The summed E-state index contributed by atoms with van der Waals surface area (Å²) in [5.41, 5.74) is 2.77. The summed E-state index contributed by atoms with van der Waals surface area (Å²) in [5, 5.41) is 11.7. The first kappa shape index (κ1) is 20.9. The lowest BCUT2D eigenvalue weighted by atomic mass is 10.0. The number of aromatic nitrogens is 2. The fraction of sp³-hybridized carbons (Fsp3) is 0.261. The Labute approximate surface area is 185 Å². The molecule has 0 saturated carbocycles. The number of nitrogens with zero attached hydrogens (tertiary/aromatic N) is 2. The summed E-state index contributed by atoms with van der Waals surface area (Å²) in [7, 11) is 1.56. The Kier molecular flexibility index (Phi) is 6.23. The summed E-state index contributed by atoms with van der Waals surface area (Å²) in [4.78, 5) is 12.4. The topological polar surface area (TPSA) is 82.6 Å². The molecule has 3 aromatic rings. The van der Waals surface area contributed by atoms with Crippen molar-refractivity contribution >= 4 is 17.5 Å². The van der Waals surface area contributed by atoms with Gasteiger partial charge in [0.1, 0.15) is 17.6 Å². The van der Waals surface area contributed by atoms with Crippen molar-refractivity contribution in [2.24, 2.45) is 0 Å². The van der Waals surface area contributed by atoms with Crippen molar-refractivity contribution in [3.63, 3.8) is 0 Å². The van der Waals surface area contributed by atoms with Gasteiger partial charge in [-0.25, -0.2) is 0 Å². The first-order chi connectivity index (χ1) is 15.0.